The molecule has 0 radical (unpaired) electrons. The number of sulfonamides is 1. The van der Waals surface area contributed by atoms with Gasteiger partial charge in [0.25, 0.3) is 5.91 Å². The molecule has 10 nitrogen and oxygen atoms in total. The van der Waals surface area contributed by atoms with Gasteiger partial charge < -0.3 is 19.9 Å². The number of amides is 2. The number of hydrogen-bond donors (Lipinski definition) is 2. The Hall–Kier alpha value is -2.92. The summed E-state index contributed by atoms with van der Waals surface area (Å²) in [7, 11) is -2.68. The van der Waals surface area contributed by atoms with Crippen LogP contribution in [0.1, 0.15) is 18.2 Å². The van der Waals surface area contributed by atoms with Crippen molar-refractivity contribution >= 4 is 33.3 Å². The van der Waals surface area contributed by atoms with Gasteiger partial charge >= 0.3 is 0 Å². The molecule has 1 atom stereocenters. The number of fused-ring (bicyclic) bond motifs is 1. The zero-order valence-electron chi connectivity index (χ0n) is 15.8. The number of carbonyl (C=O) groups is 2. The molecule has 1 aliphatic rings. The number of likely N-dealkylation sites (N-methyl/N-ethyl adjacent to an activating group) is 1. The van der Waals surface area contributed by atoms with Crippen molar-refractivity contribution in [3.05, 3.63) is 29.5 Å². The zero-order valence-corrected chi connectivity index (χ0v) is 16.6. The summed E-state index contributed by atoms with van der Waals surface area (Å²) in [4.78, 5) is 23.8. The van der Waals surface area contributed by atoms with E-state index >= 15 is 0 Å². The molecular weight excluding hydrogens is 388 g/mol. The maximum Gasteiger partial charge on any atom is 0.265 e. The van der Waals surface area contributed by atoms with Crippen molar-refractivity contribution in [3.63, 3.8) is 0 Å². The van der Waals surface area contributed by atoms with Crippen LogP contribution >= 0.6 is 0 Å². The highest BCUT2D eigenvalue weighted by atomic mass is 32.2. The summed E-state index contributed by atoms with van der Waals surface area (Å²) in [5.74, 6) is 0.109. The van der Waals surface area contributed by atoms with Gasteiger partial charge in [0.15, 0.2) is 11.9 Å². The summed E-state index contributed by atoms with van der Waals surface area (Å²) in [6.07, 6.45) is -0.736. The van der Waals surface area contributed by atoms with E-state index in [9.17, 15) is 18.0 Å². The Balaban J connectivity index is 1.80. The van der Waals surface area contributed by atoms with Gasteiger partial charge in [0, 0.05) is 19.2 Å². The molecule has 0 spiro atoms. The third kappa shape index (κ3) is 3.85. The predicted molar refractivity (Wildman–Crippen MR) is 99.6 cm³/mol. The lowest BCUT2D eigenvalue weighted by Gasteiger charge is -2.25. The number of anilines is 2. The number of hydrogen-bond acceptors (Lipinski definition) is 7. The third-order valence-corrected chi connectivity index (χ3v) is 6.10. The van der Waals surface area contributed by atoms with Gasteiger partial charge in [0.1, 0.15) is 11.5 Å². The highest BCUT2D eigenvalue weighted by Gasteiger charge is 2.30. The summed E-state index contributed by atoms with van der Waals surface area (Å²) in [6.45, 7) is 4.42. The van der Waals surface area contributed by atoms with Crippen molar-refractivity contribution in [2.24, 2.45) is 0 Å². The summed E-state index contributed by atoms with van der Waals surface area (Å²) < 4.78 is 37.2. The molecule has 0 unspecified atom stereocenters. The molecule has 0 saturated carbocycles. The minimum atomic E-state index is -3.98. The molecule has 3 rings (SSSR count). The van der Waals surface area contributed by atoms with E-state index in [4.69, 9.17) is 9.26 Å². The standard InChI is InChI=1S/C17H20N4O6S/c1-9-5-12-13(26-11(3)17(23)18-12)7-14(9)28(24,25)21(4)8-16(22)19-15-6-10(2)27-20-15/h5-7,11H,8H2,1-4H3,(H,18,23)(H,19,20,22)/t11-/m1/s1. The molecule has 0 fully saturated rings. The van der Waals surface area contributed by atoms with Gasteiger partial charge in [-0.25, -0.2) is 8.42 Å². The van der Waals surface area contributed by atoms with E-state index in [2.05, 4.69) is 15.8 Å². The highest BCUT2D eigenvalue weighted by Crippen LogP contribution is 2.35. The molecule has 1 aromatic carbocycles. The lowest BCUT2D eigenvalue weighted by atomic mass is 10.1. The number of aryl methyl sites for hydroxylation is 2. The Kier molecular flexibility index (Phi) is 5.13. The maximum atomic E-state index is 12.9. The smallest absolute Gasteiger partial charge is 0.265 e. The quantitative estimate of drug-likeness (QED) is 0.762. The van der Waals surface area contributed by atoms with E-state index in [1.54, 1.807) is 20.8 Å². The average molecular weight is 408 g/mol. The monoisotopic (exact) mass is 408 g/mol. The van der Waals surface area contributed by atoms with Crippen molar-refractivity contribution in [1.82, 2.24) is 9.46 Å². The van der Waals surface area contributed by atoms with Crippen LogP contribution in [0.4, 0.5) is 11.5 Å². The average Bonchev–Trinajstić information content (AvgIpc) is 3.00. The molecule has 0 saturated heterocycles. The van der Waals surface area contributed by atoms with Crippen LogP contribution in [-0.4, -0.2) is 49.4 Å². The van der Waals surface area contributed by atoms with Crippen molar-refractivity contribution in [3.8, 4) is 5.75 Å². The third-order valence-electron chi connectivity index (χ3n) is 4.16. The molecule has 28 heavy (non-hydrogen) atoms. The largest absolute Gasteiger partial charge is 0.479 e. The second kappa shape index (κ2) is 7.24. The van der Waals surface area contributed by atoms with Gasteiger partial charge in [-0.05, 0) is 32.4 Å². The first-order valence-electron chi connectivity index (χ1n) is 8.39. The van der Waals surface area contributed by atoms with Crippen LogP contribution in [0.15, 0.2) is 27.6 Å². The fourth-order valence-electron chi connectivity index (χ4n) is 2.68. The molecule has 0 bridgehead atoms. The Labute approximate surface area is 161 Å². The Morgan fingerprint density at radius 3 is 2.68 bits per heavy atom. The SMILES string of the molecule is Cc1cc(NC(=O)CN(C)S(=O)(=O)c2cc3c(cc2C)NC(=O)[C@@H](C)O3)no1. The summed E-state index contributed by atoms with van der Waals surface area (Å²) in [5.41, 5.74) is 0.818. The van der Waals surface area contributed by atoms with E-state index < -0.39 is 28.6 Å². The van der Waals surface area contributed by atoms with E-state index in [1.165, 1.54) is 25.2 Å². The molecular formula is C17H20N4O6S. The van der Waals surface area contributed by atoms with Crippen molar-refractivity contribution < 1.29 is 27.3 Å². The van der Waals surface area contributed by atoms with Crippen molar-refractivity contribution in [2.45, 2.75) is 31.8 Å². The molecule has 1 aromatic heterocycles. The van der Waals surface area contributed by atoms with Crippen LogP contribution in [-0.2, 0) is 19.6 Å². The number of ether oxygens (including phenoxy) is 1. The van der Waals surface area contributed by atoms with Gasteiger partial charge in [-0.15, -0.1) is 0 Å². The first kappa shape index (κ1) is 19.8. The van der Waals surface area contributed by atoms with Gasteiger partial charge in [0.2, 0.25) is 15.9 Å². The van der Waals surface area contributed by atoms with Crippen molar-refractivity contribution in [2.75, 3.05) is 24.2 Å². The Morgan fingerprint density at radius 1 is 1.32 bits per heavy atom. The van der Waals surface area contributed by atoms with Gasteiger partial charge in [-0.1, -0.05) is 5.16 Å². The van der Waals surface area contributed by atoms with Gasteiger partial charge in [0.05, 0.1) is 17.1 Å². The van der Waals surface area contributed by atoms with Crippen LogP contribution < -0.4 is 15.4 Å². The second-order valence-electron chi connectivity index (χ2n) is 6.50. The Bertz CT molecular complexity index is 1050. The van der Waals surface area contributed by atoms with Gasteiger partial charge in [-0.3, -0.25) is 9.59 Å². The number of nitrogens with zero attached hydrogens (tertiary/aromatic N) is 2. The molecule has 2 heterocycles. The lowest BCUT2D eigenvalue weighted by Crippen LogP contribution is -2.36. The normalized spacial score (nSPS) is 16.3. The van der Waals surface area contributed by atoms with Crippen LogP contribution in [0.25, 0.3) is 0 Å². The summed E-state index contributed by atoms with van der Waals surface area (Å²) in [6, 6.07) is 4.40. The minimum Gasteiger partial charge on any atom is -0.479 e. The van der Waals surface area contributed by atoms with Crippen LogP contribution in [0.5, 0.6) is 5.75 Å². The van der Waals surface area contributed by atoms with Crippen LogP contribution in [0, 0.1) is 13.8 Å². The number of rotatable bonds is 5. The molecule has 11 heteroatoms. The second-order valence-corrected chi connectivity index (χ2v) is 8.51. The van der Waals surface area contributed by atoms with E-state index in [0.29, 0.717) is 17.0 Å². The summed E-state index contributed by atoms with van der Waals surface area (Å²) in [5, 5.41) is 8.77. The zero-order chi connectivity index (χ0) is 20.6. The first-order chi connectivity index (χ1) is 13.1. The summed E-state index contributed by atoms with van der Waals surface area (Å²) >= 11 is 0. The number of aromatic nitrogens is 1. The molecule has 0 aliphatic carbocycles. The van der Waals surface area contributed by atoms with E-state index in [-0.39, 0.29) is 22.4 Å². The van der Waals surface area contributed by atoms with Crippen LogP contribution in [0.3, 0.4) is 0 Å². The van der Waals surface area contributed by atoms with Crippen LogP contribution in [0.2, 0.25) is 0 Å². The fourth-order valence-corrected chi connectivity index (χ4v) is 4.03. The molecule has 2 amide bonds. The minimum absolute atomic E-state index is 0.0119. The number of benzene rings is 1. The van der Waals surface area contributed by atoms with E-state index in [0.717, 1.165) is 4.31 Å². The number of nitrogens with one attached hydrogen (secondary N) is 2. The molecule has 1 aliphatic heterocycles. The van der Waals surface area contributed by atoms with Gasteiger partial charge in [-0.2, -0.15) is 4.31 Å². The highest BCUT2D eigenvalue weighted by molar-refractivity contribution is 7.89. The maximum absolute atomic E-state index is 12.9. The molecule has 150 valence electrons. The molecule has 2 aromatic rings. The van der Waals surface area contributed by atoms with E-state index in [1.807, 2.05) is 0 Å². The topological polar surface area (TPSA) is 131 Å². The fraction of sp³-hybridized carbons (Fsp3) is 0.353. The first-order valence-corrected chi connectivity index (χ1v) is 9.83. The number of carbonyl (C=O) groups excluding carboxylic acids is 2. The lowest BCUT2D eigenvalue weighted by molar-refractivity contribution is -0.122. The molecule has 2 N–H and O–H groups in total. The predicted octanol–water partition coefficient (Wildman–Crippen LogP) is 1.27. The Morgan fingerprint density at radius 2 is 2.04 bits per heavy atom. The van der Waals surface area contributed by atoms with Crippen molar-refractivity contribution in [1.29, 1.82) is 0 Å².